The first-order valence-corrected chi connectivity index (χ1v) is 11.9. The van der Waals surface area contributed by atoms with Gasteiger partial charge in [-0.2, -0.15) is 5.10 Å². The van der Waals surface area contributed by atoms with Crippen LogP contribution in [0.2, 0.25) is 5.02 Å². The Morgan fingerprint density at radius 1 is 1.15 bits per heavy atom. The number of thioether (sulfide) groups is 1. The molecule has 0 bridgehead atoms. The predicted molar refractivity (Wildman–Crippen MR) is 130 cm³/mol. The number of allylic oxidation sites excluding steroid dienone is 1. The van der Waals surface area contributed by atoms with Gasteiger partial charge < -0.3 is 8.83 Å². The standard InChI is InChI=1S/C24H20ClN5O3S/c1-2-11-29-23(16-7-9-17(25)10-8-16)26-27-24(29)34-15-22(31)30-19(21-6-4-13-33-21)14-18(28-30)20-5-3-12-32-20/h2-10,12-13,19H,1,11,14-15H2. The maximum atomic E-state index is 13.3. The van der Waals surface area contributed by atoms with Crippen LogP contribution in [0.4, 0.5) is 0 Å². The number of furan rings is 2. The minimum atomic E-state index is -0.334. The van der Waals surface area contributed by atoms with Crippen LogP contribution in [0, 0.1) is 0 Å². The topological polar surface area (TPSA) is 89.7 Å². The van der Waals surface area contributed by atoms with Crippen molar-refractivity contribution < 1.29 is 13.6 Å². The predicted octanol–water partition coefficient (Wildman–Crippen LogP) is 5.44. The molecule has 8 nitrogen and oxygen atoms in total. The van der Waals surface area contributed by atoms with Crippen LogP contribution in [0.1, 0.15) is 24.0 Å². The molecule has 3 aromatic heterocycles. The molecule has 1 aliphatic rings. The van der Waals surface area contributed by atoms with Gasteiger partial charge in [0.2, 0.25) is 0 Å². The van der Waals surface area contributed by atoms with E-state index in [1.807, 2.05) is 28.8 Å². The second-order valence-corrected chi connectivity index (χ2v) is 8.88. The van der Waals surface area contributed by atoms with Crippen molar-refractivity contribution in [2.45, 2.75) is 24.2 Å². The monoisotopic (exact) mass is 493 g/mol. The lowest BCUT2D eigenvalue weighted by atomic mass is 10.1. The Bertz CT molecular complexity index is 1310. The zero-order chi connectivity index (χ0) is 23.5. The summed E-state index contributed by atoms with van der Waals surface area (Å²) in [6, 6.07) is 14.3. The van der Waals surface area contributed by atoms with E-state index in [0.717, 1.165) is 5.56 Å². The van der Waals surface area contributed by atoms with E-state index in [0.29, 0.717) is 46.2 Å². The lowest BCUT2D eigenvalue weighted by Crippen LogP contribution is -2.28. The fourth-order valence-corrected chi connectivity index (χ4v) is 4.65. The first kappa shape index (κ1) is 22.2. The molecule has 0 spiro atoms. The third-order valence-corrected chi connectivity index (χ3v) is 6.50. The van der Waals surface area contributed by atoms with Gasteiger partial charge in [0, 0.05) is 23.6 Å². The van der Waals surface area contributed by atoms with Crippen molar-refractivity contribution in [2.24, 2.45) is 5.10 Å². The molecule has 4 aromatic rings. The van der Waals surface area contributed by atoms with Crippen molar-refractivity contribution in [3.05, 3.63) is 90.3 Å². The highest BCUT2D eigenvalue weighted by Gasteiger charge is 2.35. The normalized spacial score (nSPS) is 15.5. The zero-order valence-corrected chi connectivity index (χ0v) is 19.6. The number of hydrogen-bond donors (Lipinski definition) is 0. The lowest BCUT2D eigenvalue weighted by molar-refractivity contribution is -0.130. The molecule has 172 valence electrons. The van der Waals surface area contributed by atoms with E-state index in [-0.39, 0.29) is 17.7 Å². The Kier molecular flexibility index (Phi) is 6.37. The Morgan fingerprint density at radius 2 is 1.94 bits per heavy atom. The fraction of sp³-hybridized carbons (Fsp3) is 0.167. The summed E-state index contributed by atoms with van der Waals surface area (Å²) in [5.74, 6) is 1.94. The van der Waals surface area contributed by atoms with Crippen LogP contribution in [-0.4, -0.2) is 37.1 Å². The Morgan fingerprint density at radius 3 is 2.65 bits per heavy atom. The van der Waals surface area contributed by atoms with Crippen LogP contribution < -0.4 is 0 Å². The van der Waals surface area contributed by atoms with Gasteiger partial charge in [0.1, 0.15) is 23.3 Å². The molecule has 0 fully saturated rings. The van der Waals surface area contributed by atoms with Gasteiger partial charge in [0.05, 0.1) is 18.3 Å². The van der Waals surface area contributed by atoms with Crippen LogP contribution in [-0.2, 0) is 11.3 Å². The summed E-state index contributed by atoms with van der Waals surface area (Å²) in [6.07, 6.45) is 5.45. The maximum absolute atomic E-state index is 13.3. The lowest BCUT2D eigenvalue weighted by Gasteiger charge is -2.19. The van der Waals surface area contributed by atoms with Crippen LogP contribution in [0.3, 0.4) is 0 Å². The molecule has 1 amide bonds. The van der Waals surface area contributed by atoms with Gasteiger partial charge in [-0.05, 0) is 48.5 Å². The van der Waals surface area contributed by atoms with Gasteiger partial charge >= 0.3 is 0 Å². The van der Waals surface area contributed by atoms with Crippen molar-refractivity contribution >= 4 is 35.0 Å². The fourth-order valence-electron chi connectivity index (χ4n) is 3.73. The van der Waals surface area contributed by atoms with Crippen molar-refractivity contribution in [1.82, 2.24) is 19.8 Å². The van der Waals surface area contributed by atoms with Gasteiger partial charge in [-0.3, -0.25) is 9.36 Å². The molecule has 0 radical (unpaired) electrons. The number of amides is 1. The average Bonchev–Trinajstić information content (AvgIpc) is 3.65. The van der Waals surface area contributed by atoms with Crippen molar-refractivity contribution in [3.63, 3.8) is 0 Å². The Labute approximate surface area is 204 Å². The molecule has 0 aliphatic carbocycles. The number of hydrazone groups is 1. The number of carbonyl (C=O) groups excluding carboxylic acids is 1. The molecular formula is C24H20ClN5O3S. The number of nitrogens with zero attached hydrogens (tertiary/aromatic N) is 5. The largest absolute Gasteiger partial charge is 0.467 e. The molecule has 1 aliphatic heterocycles. The number of aromatic nitrogens is 3. The second-order valence-electron chi connectivity index (χ2n) is 7.50. The summed E-state index contributed by atoms with van der Waals surface area (Å²) in [5.41, 5.74) is 1.58. The number of halogens is 1. The van der Waals surface area contributed by atoms with Crippen molar-refractivity contribution in [1.29, 1.82) is 0 Å². The van der Waals surface area contributed by atoms with Gasteiger partial charge in [-0.1, -0.05) is 29.4 Å². The van der Waals surface area contributed by atoms with Gasteiger partial charge in [-0.15, -0.1) is 16.8 Å². The van der Waals surface area contributed by atoms with Crippen molar-refractivity contribution in [3.8, 4) is 11.4 Å². The second kappa shape index (κ2) is 9.74. The van der Waals surface area contributed by atoms with E-state index >= 15 is 0 Å². The summed E-state index contributed by atoms with van der Waals surface area (Å²) in [5, 5.41) is 15.9. The quantitative estimate of drug-likeness (QED) is 0.240. The summed E-state index contributed by atoms with van der Waals surface area (Å²) in [4.78, 5) is 13.3. The highest BCUT2D eigenvalue weighted by molar-refractivity contribution is 7.99. The third-order valence-electron chi connectivity index (χ3n) is 5.30. The van der Waals surface area contributed by atoms with E-state index < -0.39 is 0 Å². The van der Waals surface area contributed by atoms with E-state index in [4.69, 9.17) is 20.4 Å². The van der Waals surface area contributed by atoms with Gasteiger partial charge in [-0.25, -0.2) is 5.01 Å². The Balaban J connectivity index is 1.36. The molecule has 1 atom stereocenters. The van der Waals surface area contributed by atoms with E-state index in [2.05, 4.69) is 21.9 Å². The molecule has 1 aromatic carbocycles. The highest BCUT2D eigenvalue weighted by atomic mass is 35.5. The van der Waals surface area contributed by atoms with Crippen LogP contribution in [0.15, 0.2) is 92.8 Å². The molecule has 0 saturated heterocycles. The minimum absolute atomic E-state index is 0.127. The van der Waals surface area contributed by atoms with Crippen LogP contribution >= 0.6 is 23.4 Å². The van der Waals surface area contributed by atoms with Crippen LogP contribution in [0.25, 0.3) is 11.4 Å². The summed E-state index contributed by atoms with van der Waals surface area (Å²) in [7, 11) is 0. The first-order valence-electron chi connectivity index (χ1n) is 10.5. The van der Waals surface area contributed by atoms with E-state index in [9.17, 15) is 4.79 Å². The third kappa shape index (κ3) is 4.44. The zero-order valence-electron chi connectivity index (χ0n) is 18.0. The molecule has 4 heterocycles. The Hall–Kier alpha value is -3.56. The SMILES string of the molecule is C=CCn1c(SCC(=O)N2N=C(c3ccco3)CC2c2ccco2)nnc1-c1ccc(Cl)cc1. The highest BCUT2D eigenvalue weighted by Crippen LogP contribution is 2.34. The molecule has 0 N–H and O–H groups in total. The number of benzene rings is 1. The van der Waals surface area contributed by atoms with Gasteiger partial charge in [0.15, 0.2) is 11.0 Å². The smallest absolute Gasteiger partial charge is 0.253 e. The van der Waals surface area contributed by atoms with Gasteiger partial charge in [0.25, 0.3) is 5.91 Å². The van der Waals surface area contributed by atoms with Crippen molar-refractivity contribution in [2.75, 3.05) is 5.75 Å². The molecule has 34 heavy (non-hydrogen) atoms. The number of rotatable bonds is 8. The number of hydrogen-bond acceptors (Lipinski definition) is 7. The molecule has 10 heteroatoms. The summed E-state index contributed by atoms with van der Waals surface area (Å²) in [6.45, 7) is 4.34. The van der Waals surface area contributed by atoms with Crippen LogP contribution in [0.5, 0.6) is 0 Å². The average molecular weight is 494 g/mol. The summed E-state index contributed by atoms with van der Waals surface area (Å²) < 4.78 is 13.0. The molecule has 5 rings (SSSR count). The molecule has 1 unspecified atom stereocenters. The number of carbonyl (C=O) groups is 1. The maximum Gasteiger partial charge on any atom is 0.253 e. The molecule has 0 saturated carbocycles. The van der Waals surface area contributed by atoms with E-state index in [1.165, 1.54) is 16.8 Å². The minimum Gasteiger partial charge on any atom is -0.467 e. The first-order chi connectivity index (χ1) is 16.6. The molecular weight excluding hydrogens is 474 g/mol. The van der Waals surface area contributed by atoms with E-state index in [1.54, 1.807) is 42.9 Å². The summed E-state index contributed by atoms with van der Waals surface area (Å²) >= 11 is 7.31.